The molecule has 2 unspecified atom stereocenters. The maximum atomic E-state index is 13.1. The van der Waals surface area contributed by atoms with Crippen molar-refractivity contribution in [1.82, 2.24) is 33.6 Å². The maximum absolute atomic E-state index is 13.1. The van der Waals surface area contributed by atoms with Gasteiger partial charge >= 0.3 is 5.69 Å². The quantitative estimate of drug-likeness (QED) is 0.397. The third-order valence-electron chi connectivity index (χ3n) is 7.28. The second-order valence-corrected chi connectivity index (χ2v) is 9.72. The summed E-state index contributed by atoms with van der Waals surface area (Å²) in [4.78, 5) is 58.5. The number of aryl methyl sites for hydroxylation is 1. The topological polar surface area (TPSA) is 157 Å². The van der Waals surface area contributed by atoms with E-state index in [1.54, 1.807) is 31.5 Å². The SMILES string of the molecule is C[C@H](C(=O)Nc1cccc(-c2cnc(N3CC4CC4C3)nc2)n1)n1cnc2c1c(=O)n(CC#N)c(=O)n2C. The van der Waals surface area contributed by atoms with Gasteiger partial charge in [-0.15, -0.1) is 0 Å². The third kappa shape index (κ3) is 3.90. The van der Waals surface area contributed by atoms with Crippen molar-refractivity contribution in [3.8, 4) is 17.3 Å². The molecule has 3 atom stereocenters. The van der Waals surface area contributed by atoms with Gasteiger partial charge in [0.2, 0.25) is 11.9 Å². The van der Waals surface area contributed by atoms with E-state index in [1.807, 2.05) is 12.1 Å². The lowest BCUT2D eigenvalue weighted by atomic mass is 10.2. The Kier molecular flexibility index (Phi) is 5.52. The van der Waals surface area contributed by atoms with Gasteiger partial charge in [-0.25, -0.2) is 29.3 Å². The molecule has 2 aliphatic rings. The molecule has 2 fully saturated rings. The number of anilines is 2. The molecule has 1 saturated heterocycles. The van der Waals surface area contributed by atoms with Crippen molar-refractivity contribution in [2.24, 2.45) is 18.9 Å². The Labute approximate surface area is 216 Å². The van der Waals surface area contributed by atoms with Crippen LogP contribution in [0.5, 0.6) is 0 Å². The first-order chi connectivity index (χ1) is 18.4. The monoisotopic (exact) mass is 512 g/mol. The Balaban J connectivity index is 1.23. The van der Waals surface area contributed by atoms with Crippen molar-refractivity contribution in [2.45, 2.75) is 25.9 Å². The summed E-state index contributed by atoms with van der Waals surface area (Å²) < 4.78 is 3.38. The summed E-state index contributed by atoms with van der Waals surface area (Å²) in [7, 11) is 1.46. The van der Waals surface area contributed by atoms with E-state index in [1.165, 1.54) is 28.9 Å². The molecule has 192 valence electrons. The molecule has 1 amide bonds. The maximum Gasteiger partial charge on any atom is 0.333 e. The molecule has 0 radical (unpaired) electrons. The van der Waals surface area contributed by atoms with Gasteiger partial charge in [0, 0.05) is 38.1 Å². The summed E-state index contributed by atoms with van der Waals surface area (Å²) in [5.74, 6) is 2.18. The van der Waals surface area contributed by atoms with Crippen LogP contribution in [0, 0.1) is 23.2 Å². The van der Waals surface area contributed by atoms with E-state index in [0.717, 1.165) is 41.0 Å². The Hall–Kier alpha value is -4.86. The van der Waals surface area contributed by atoms with Gasteiger partial charge in [-0.05, 0) is 37.3 Å². The molecule has 5 heterocycles. The van der Waals surface area contributed by atoms with Crippen LogP contribution in [0.2, 0.25) is 0 Å². The first kappa shape index (κ1) is 23.5. The number of hydrogen-bond acceptors (Lipinski definition) is 9. The smallest absolute Gasteiger partial charge is 0.333 e. The van der Waals surface area contributed by atoms with Crippen LogP contribution in [0.1, 0.15) is 19.4 Å². The molecule has 0 aromatic carbocycles. The standard InChI is InChI=1S/C25H24N10O3/c1-14(35-13-29-21-20(35)23(37)34(7-6-26)25(38)32(21)2)22(36)31-19-5-3-4-18(30-19)17-9-27-24(28-10-17)33-11-15-8-16(15)12-33/h3-5,9-10,13-16H,7-8,11-12H2,1-2H3,(H,30,31,36)/t14-,15?,16?/m1/s1. The van der Waals surface area contributed by atoms with Gasteiger partial charge in [-0.3, -0.25) is 14.2 Å². The number of nitrogens with zero attached hydrogens (tertiary/aromatic N) is 9. The number of aromatic nitrogens is 7. The summed E-state index contributed by atoms with van der Waals surface area (Å²) in [6, 6.07) is 6.20. The second-order valence-electron chi connectivity index (χ2n) is 9.72. The van der Waals surface area contributed by atoms with Crippen molar-refractivity contribution in [3.63, 3.8) is 0 Å². The fraction of sp³-hybridized carbons (Fsp3) is 0.360. The lowest BCUT2D eigenvalue weighted by Gasteiger charge is -2.17. The van der Waals surface area contributed by atoms with Crippen LogP contribution in [-0.4, -0.2) is 52.6 Å². The molecule has 1 aliphatic carbocycles. The van der Waals surface area contributed by atoms with E-state index in [4.69, 9.17) is 5.26 Å². The molecule has 38 heavy (non-hydrogen) atoms. The molecule has 6 rings (SSSR count). The van der Waals surface area contributed by atoms with Crippen LogP contribution in [0.25, 0.3) is 22.4 Å². The fourth-order valence-corrected chi connectivity index (χ4v) is 4.99. The summed E-state index contributed by atoms with van der Waals surface area (Å²) in [6.45, 7) is 3.22. The highest BCUT2D eigenvalue weighted by atomic mass is 16.2. The average Bonchev–Trinajstić information content (AvgIpc) is 3.32. The van der Waals surface area contributed by atoms with Gasteiger partial charge in [0.1, 0.15) is 18.4 Å². The minimum absolute atomic E-state index is 0.0549. The van der Waals surface area contributed by atoms with Crippen molar-refractivity contribution in [2.75, 3.05) is 23.3 Å². The highest BCUT2D eigenvalue weighted by Gasteiger charge is 2.45. The predicted octanol–water partition coefficient (Wildman–Crippen LogP) is 0.928. The first-order valence-electron chi connectivity index (χ1n) is 12.2. The molecule has 0 spiro atoms. The molecule has 1 saturated carbocycles. The second kappa shape index (κ2) is 8.91. The molecule has 13 heteroatoms. The first-order valence-corrected chi connectivity index (χ1v) is 12.2. The minimum Gasteiger partial charge on any atom is -0.340 e. The number of nitrogens with one attached hydrogen (secondary N) is 1. The zero-order valence-electron chi connectivity index (χ0n) is 20.8. The fourth-order valence-electron chi connectivity index (χ4n) is 4.99. The van der Waals surface area contributed by atoms with Gasteiger partial charge in [0.05, 0.1) is 18.1 Å². The molecule has 4 aromatic rings. The van der Waals surface area contributed by atoms with Gasteiger partial charge in [-0.1, -0.05) is 6.07 Å². The van der Waals surface area contributed by atoms with Crippen LogP contribution in [-0.2, 0) is 18.4 Å². The Bertz CT molecular complexity index is 1720. The highest BCUT2D eigenvalue weighted by Crippen LogP contribution is 2.45. The Morgan fingerprint density at radius 2 is 1.92 bits per heavy atom. The van der Waals surface area contributed by atoms with E-state index in [-0.39, 0.29) is 11.2 Å². The number of carbonyl (C=O) groups is 1. The molecule has 0 bridgehead atoms. The number of hydrogen-bond donors (Lipinski definition) is 1. The normalized spacial score (nSPS) is 18.7. The third-order valence-corrected chi connectivity index (χ3v) is 7.28. The lowest BCUT2D eigenvalue weighted by Crippen LogP contribution is -2.40. The lowest BCUT2D eigenvalue weighted by molar-refractivity contribution is -0.118. The van der Waals surface area contributed by atoms with E-state index < -0.39 is 29.7 Å². The summed E-state index contributed by atoms with van der Waals surface area (Å²) >= 11 is 0. The number of carbonyl (C=O) groups excluding carboxylic acids is 1. The number of fused-ring (bicyclic) bond motifs is 2. The van der Waals surface area contributed by atoms with Gasteiger partial charge in [0.15, 0.2) is 11.2 Å². The Morgan fingerprint density at radius 3 is 2.63 bits per heavy atom. The van der Waals surface area contributed by atoms with Crippen molar-refractivity contribution < 1.29 is 4.79 Å². The molecule has 4 aromatic heterocycles. The van der Waals surface area contributed by atoms with Crippen LogP contribution in [0.15, 0.2) is 46.5 Å². The molecule has 1 N–H and O–H groups in total. The summed E-state index contributed by atoms with van der Waals surface area (Å²) in [5, 5.41) is 11.8. The zero-order valence-corrected chi connectivity index (χ0v) is 20.8. The van der Waals surface area contributed by atoms with Gasteiger partial charge < -0.3 is 14.8 Å². The largest absolute Gasteiger partial charge is 0.340 e. The van der Waals surface area contributed by atoms with Crippen LogP contribution in [0.4, 0.5) is 11.8 Å². The predicted molar refractivity (Wildman–Crippen MR) is 137 cm³/mol. The van der Waals surface area contributed by atoms with E-state index in [9.17, 15) is 14.4 Å². The van der Waals surface area contributed by atoms with Crippen molar-refractivity contribution in [1.29, 1.82) is 5.26 Å². The molecular weight excluding hydrogens is 488 g/mol. The highest BCUT2D eigenvalue weighted by molar-refractivity contribution is 5.93. The average molecular weight is 513 g/mol. The number of piperidine rings is 1. The van der Waals surface area contributed by atoms with Crippen molar-refractivity contribution >= 4 is 28.8 Å². The number of amides is 1. The van der Waals surface area contributed by atoms with Crippen LogP contribution < -0.4 is 21.5 Å². The summed E-state index contributed by atoms with van der Waals surface area (Å²) in [6.07, 6.45) is 6.11. The Morgan fingerprint density at radius 1 is 1.18 bits per heavy atom. The number of pyridine rings is 1. The van der Waals surface area contributed by atoms with E-state index in [2.05, 4.69) is 30.2 Å². The van der Waals surface area contributed by atoms with E-state index >= 15 is 0 Å². The van der Waals surface area contributed by atoms with Crippen LogP contribution >= 0.6 is 0 Å². The number of imidazole rings is 1. The van der Waals surface area contributed by atoms with Crippen LogP contribution in [0.3, 0.4) is 0 Å². The van der Waals surface area contributed by atoms with Gasteiger partial charge in [-0.2, -0.15) is 5.26 Å². The molecule has 1 aliphatic heterocycles. The molecule has 13 nitrogen and oxygen atoms in total. The number of rotatable bonds is 6. The zero-order chi connectivity index (χ0) is 26.6. The van der Waals surface area contributed by atoms with Gasteiger partial charge in [0.25, 0.3) is 5.56 Å². The van der Waals surface area contributed by atoms with Crippen molar-refractivity contribution in [3.05, 3.63) is 57.8 Å². The molecular formula is C25H24N10O3. The van der Waals surface area contributed by atoms with E-state index in [0.29, 0.717) is 11.5 Å². The summed E-state index contributed by atoms with van der Waals surface area (Å²) in [5.41, 5.74) is 0.177. The number of nitriles is 1. The minimum atomic E-state index is -0.861.